The highest BCUT2D eigenvalue weighted by molar-refractivity contribution is 7.94. The molecule has 0 aromatic carbocycles. The molecule has 0 aliphatic carbocycles. The van der Waals surface area contributed by atoms with Crippen molar-refractivity contribution in [2.24, 2.45) is 0 Å². The molecule has 0 saturated carbocycles. The van der Waals surface area contributed by atoms with Gasteiger partial charge in [-0.05, 0) is 22.9 Å². The van der Waals surface area contributed by atoms with E-state index in [9.17, 15) is 18.0 Å². The zero-order valence-electron chi connectivity index (χ0n) is 13.9. The quantitative estimate of drug-likeness (QED) is 0.759. The topological polar surface area (TPSA) is 98.8 Å². The lowest BCUT2D eigenvalue weighted by Crippen LogP contribution is -2.59. The Hall–Kier alpha value is -1.75. The fraction of sp³-hybridized carbons (Fsp3) is 0.375. The van der Waals surface area contributed by atoms with Gasteiger partial charge in [0, 0.05) is 9.75 Å². The molecule has 1 N–H and O–H groups in total. The molecular formula is C16H17NO6S3. The van der Waals surface area contributed by atoms with Crippen LogP contribution < -0.4 is 5.32 Å². The molecule has 10 heteroatoms. The SMILES string of the molecule is COC(=O)[C@@H]1[C@H](c2cccs2)N[C@@H](c2cccs2)[C@H](C(=O)OC)S1(=O)=O. The van der Waals surface area contributed by atoms with Crippen LogP contribution in [0.2, 0.25) is 0 Å². The smallest absolute Gasteiger partial charge is 0.326 e. The molecule has 2 aromatic heterocycles. The van der Waals surface area contributed by atoms with Crippen molar-refractivity contribution in [1.82, 2.24) is 5.32 Å². The minimum atomic E-state index is -4.24. The van der Waals surface area contributed by atoms with Crippen molar-refractivity contribution < 1.29 is 27.5 Å². The third-order valence-electron chi connectivity index (χ3n) is 4.24. The fourth-order valence-corrected chi connectivity index (χ4v) is 7.15. The molecule has 3 rings (SSSR count). The molecule has 1 fully saturated rings. The number of hydrogen-bond acceptors (Lipinski definition) is 9. The molecule has 0 unspecified atom stereocenters. The highest BCUT2D eigenvalue weighted by Gasteiger charge is 2.57. The second-order valence-electron chi connectivity index (χ2n) is 5.63. The summed E-state index contributed by atoms with van der Waals surface area (Å²) in [6, 6.07) is 5.40. The molecule has 1 aliphatic heterocycles. The van der Waals surface area contributed by atoms with Crippen LogP contribution in [0.25, 0.3) is 0 Å². The molecule has 0 amide bonds. The first kappa shape index (κ1) is 19.0. The Kier molecular flexibility index (Phi) is 5.47. The first-order chi connectivity index (χ1) is 12.4. The second kappa shape index (κ2) is 7.47. The lowest BCUT2D eigenvalue weighted by Gasteiger charge is -2.39. The zero-order valence-corrected chi connectivity index (χ0v) is 16.4. The van der Waals surface area contributed by atoms with E-state index in [1.807, 2.05) is 0 Å². The van der Waals surface area contributed by atoms with E-state index in [2.05, 4.69) is 5.32 Å². The summed E-state index contributed by atoms with van der Waals surface area (Å²) in [6.45, 7) is 0. The lowest BCUT2D eigenvalue weighted by atomic mass is 10.1. The average molecular weight is 416 g/mol. The first-order valence-corrected chi connectivity index (χ1v) is 11.0. The fourth-order valence-electron chi connectivity index (χ4n) is 3.08. The minimum absolute atomic E-state index is 0.675. The highest BCUT2D eigenvalue weighted by atomic mass is 32.2. The Morgan fingerprint density at radius 2 is 1.35 bits per heavy atom. The van der Waals surface area contributed by atoms with Gasteiger partial charge in [0.05, 0.1) is 26.3 Å². The Bertz CT molecular complexity index is 809. The lowest BCUT2D eigenvalue weighted by molar-refractivity contribution is -0.142. The maximum Gasteiger partial charge on any atom is 0.326 e. The summed E-state index contributed by atoms with van der Waals surface area (Å²) in [5.74, 6) is -1.82. The van der Waals surface area contributed by atoms with E-state index in [4.69, 9.17) is 9.47 Å². The van der Waals surface area contributed by atoms with Crippen LogP contribution in [0.1, 0.15) is 21.8 Å². The van der Waals surface area contributed by atoms with Gasteiger partial charge < -0.3 is 9.47 Å². The van der Waals surface area contributed by atoms with Crippen LogP contribution in [-0.4, -0.2) is 45.1 Å². The van der Waals surface area contributed by atoms with Crippen molar-refractivity contribution >= 4 is 44.4 Å². The largest absolute Gasteiger partial charge is 0.468 e. The van der Waals surface area contributed by atoms with Gasteiger partial charge in [-0.1, -0.05) is 12.1 Å². The predicted molar refractivity (Wildman–Crippen MR) is 97.8 cm³/mol. The third-order valence-corrected chi connectivity index (χ3v) is 8.49. The molecule has 2 aromatic rings. The van der Waals surface area contributed by atoms with E-state index in [-0.39, 0.29) is 0 Å². The minimum Gasteiger partial charge on any atom is -0.468 e. The van der Waals surface area contributed by atoms with E-state index in [1.165, 1.54) is 22.7 Å². The molecular weight excluding hydrogens is 398 g/mol. The molecule has 140 valence electrons. The summed E-state index contributed by atoms with van der Waals surface area (Å²) < 4.78 is 36.1. The molecule has 1 aliphatic rings. The maximum absolute atomic E-state index is 13.3. The van der Waals surface area contributed by atoms with Crippen molar-refractivity contribution in [3.63, 3.8) is 0 Å². The molecule has 7 nitrogen and oxygen atoms in total. The number of hydrogen-bond donors (Lipinski definition) is 1. The van der Waals surface area contributed by atoms with Crippen LogP contribution in [-0.2, 0) is 28.9 Å². The molecule has 0 bridgehead atoms. The Morgan fingerprint density at radius 1 is 0.923 bits per heavy atom. The number of nitrogens with one attached hydrogen (secondary N) is 1. The highest BCUT2D eigenvalue weighted by Crippen LogP contribution is 2.41. The molecule has 4 atom stereocenters. The second-order valence-corrected chi connectivity index (χ2v) is 9.78. The van der Waals surface area contributed by atoms with Crippen molar-refractivity contribution in [2.75, 3.05) is 14.2 Å². The summed E-state index contributed by atoms with van der Waals surface area (Å²) in [4.78, 5) is 26.1. The predicted octanol–water partition coefficient (Wildman–Crippen LogP) is 1.69. The van der Waals surface area contributed by atoms with E-state index < -0.39 is 44.4 Å². The van der Waals surface area contributed by atoms with Crippen LogP contribution in [0.15, 0.2) is 35.0 Å². The number of esters is 2. The average Bonchev–Trinajstić information content (AvgIpc) is 3.32. The van der Waals surface area contributed by atoms with Crippen LogP contribution in [0.3, 0.4) is 0 Å². The van der Waals surface area contributed by atoms with Crippen LogP contribution in [0, 0.1) is 0 Å². The van der Waals surface area contributed by atoms with E-state index in [0.717, 1.165) is 14.2 Å². The van der Waals surface area contributed by atoms with Gasteiger partial charge in [-0.25, -0.2) is 8.42 Å². The van der Waals surface area contributed by atoms with Crippen LogP contribution in [0.5, 0.6) is 0 Å². The summed E-state index contributed by atoms with van der Waals surface area (Å²) in [6.07, 6.45) is 0. The van der Waals surface area contributed by atoms with Crippen LogP contribution >= 0.6 is 22.7 Å². The number of rotatable bonds is 4. The first-order valence-electron chi connectivity index (χ1n) is 7.63. The van der Waals surface area contributed by atoms with Crippen molar-refractivity contribution in [3.05, 3.63) is 44.8 Å². The molecule has 0 radical (unpaired) electrons. The number of sulfone groups is 1. The monoisotopic (exact) mass is 415 g/mol. The van der Waals surface area contributed by atoms with E-state index >= 15 is 0 Å². The Balaban J connectivity index is 2.17. The zero-order chi connectivity index (χ0) is 18.9. The van der Waals surface area contributed by atoms with Gasteiger partial charge in [-0.3, -0.25) is 14.9 Å². The summed E-state index contributed by atoms with van der Waals surface area (Å²) in [5.41, 5.74) is 0. The van der Waals surface area contributed by atoms with Gasteiger partial charge in [0.25, 0.3) is 0 Å². The standard InChI is InChI=1S/C16H17NO6S3/c1-22-15(18)13-11(9-5-3-7-24-9)17-12(10-6-4-8-25-10)14(16(19)23-2)26(13,20)21/h3-8,11-14,17H,1-2H3/t11-,12-,13-,14+/m0/s1. The van der Waals surface area contributed by atoms with Crippen molar-refractivity contribution in [2.45, 2.75) is 22.6 Å². The van der Waals surface area contributed by atoms with E-state index in [0.29, 0.717) is 9.75 Å². The summed E-state index contributed by atoms with van der Waals surface area (Å²) >= 11 is 2.66. The van der Waals surface area contributed by atoms with Gasteiger partial charge in [0.1, 0.15) is 0 Å². The van der Waals surface area contributed by atoms with Gasteiger partial charge in [0.15, 0.2) is 20.3 Å². The third kappa shape index (κ3) is 3.18. The number of carbonyl (C=O) groups is 2. The number of methoxy groups -OCH3 is 2. The number of thiophene rings is 2. The summed E-state index contributed by atoms with van der Waals surface area (Å²) in [5, 5.41) is 3.71. The van der Waals surface area contributed by atoms with E-state index in [1.54, 1.807) is 35.0 Å². The number of carbonyl (C=O) groups excluding carboxylic acids is 2. The Labute approximate surface area is 158 Å². The maximum atomic E-state index is 13.3. The normalized spacial score (nSPS) is 27.6. The Morgan fingerprint density at radius 3 is 1.65 bits per heavy atom. The molecule has 3 heterocycles. The number of ether oxygens (including phenoxy) is 2. The van der Waals surface area contributed by atoms with Gasteiger partial charge in [-0.15, -0.1) is 22.7 Å². The molecule has 0 spiro atoms. The van der Waals surface area contributed by atoms with Gasteiger partial charge in [0.2, 0.25) is 0 Å². The van der Waals surface area contributed by atoms with Crippen LogP contribution in [0.4, 0.5) is 0 Å². The van der Waals surface area contributed by atoms with Gasteiger partial charge in [-0.2, -0.15) is 0 Å². The summed E-state index contributed by atoms with van der Waals surface area (Å²) in [7, 11) is -1.98. The van der Waals surface area contributed by atoms with Crippen molar-refractivity contribution in [1.29, 1.82) is 0 Å². The molecule has 1 saturated heterocycles. The van der Waals surface area contributed by atoms with Gasteiger partial charge >= 0.3 is 11.9 Å². The van der Waals surface area contributed by atoms with Crippen molar-refractivity contribution in [3.8, 4) is 0 Å². The molecule has 26 heavy (non-hydrogen) atoms.